The van der Waals surface area contributed by atoms with Gasteiger partial charge in [0.1, 0.15) is 0 Å². The fourth-order valence-corrected chi connectivity index (χ4v) is 6.12. The number of carbonyl (C=O) groups excluding carboxylic acids is 1. The maximum Gasteiger partial charge on any atom is 0.233 e. The number of carbonyl (C=O) groups is 1. The number of aryl methyl sites for hydroxylation is 1. The molecule has 150 valence electrons. The lowest BCUT2D eigenvalue weighted by atomic mass is 9.88. The van der Waals surface area contributed by atoms with Gasteiger partial charge in [-0.15, -0.1) is 10.2 Å². The van der Waals surface area contributed by atoms with E-state index in [-0.39, 0.29) is 17.2 Å². The maximum absolute atomic E-state index is 12.8. The summed E-state index contributed by atoms with van der Waals surface area (Å²) in [6.45, 7) is 1.95. The molecule has 2 aromatic rings. The third-order valence-corrected chi connectivity index (χ3v) is 7.71. The highest BCUT2D eigenvalue weighted by Gasteiger charge is 2.25. The first-order chi connectivity index (χ1) is 13.7. The van der Waals surface area contributed by atoms with Crippen LogP contribution in [0.25, 0.3) is 0 Å². The first-order valence-corrected chi connectivity index (χ1v) is 12.0. The van der Waals surface area contributed by atoms with Crippen LogP contribution in [0.4, 0.5) is 5.13 Å². The van der Waals surface area contributed by atoms with Crippen molar-refractivity contribution in [2.75, 3.05) is 5.32 Å². The number of rotatable bonds is 6. The summed E-state index contributed by atoms with van der Waals surface area (Å²) in [6, 6.07) is 9.10. The van der Waals surface area contributed by atoms with E-state index >= 15 is 0 Å². The molecule has 2 aliphatic carbocycles. The van der Waals surface area contributed by atoms with Crippen molar-refractivity contribution in [2.45, 2.75) is 80.0 Å². The number of nitrogens with one attached hydrogen (secondary N) is 2. The van der Waals surface area contributed by atoms with Crippen LogP contribution in [0.5, 0.6) is 0 Å². The van der Waals surface area contributed by atoms with Crippen molar-refractivity contribution in [1.29, 1.82) is 0 Å². The summed E-state index contributed by atoms with van der Waals surface area (Å²) in [5, 5.41) is 16.0. The molecule has 1 heterocycles. The van der Waals surface area contributed by atoms with Crippen molar-refractivity contribution in [3.05, 3.63) is 35.4 Å². The van der Waals surface area contributed by atoms with Crippen LogP contribution in [-0.2, 0) is 11.2 Å². The molecule has 1 amide bonds. The second kappa shape index (κ2) is 9.27. The monoisotopic (exact) mass is 416 g/mol. The number of hydrogen-bond acceptors (Lipinski definition) is 6. The van der Waals surface area contributed by atoms with E-state index in [4.69, 9.17) is 0 Å². The molecule has 2 N–H and O–H groups in total. The lowest BCUT2D eigenvalue weighted by Gasteiger charge is -2.27. The number of nitrogens with zero attached hydrogens (tertiary/aromatic N) is 2. The van der Waals surface area contributed by atoms with Crippen LogP contribution < -0.4 is 10.6 Å². The zero-order valence-electron chi connectivity index (χ0n) is 16.3. The van der Waals surface area contributed by atoms with E-state index < -0.39 is 0 Å². The summed E-state index contributed by atoms with van der Waals surface area (Å²) in [7, 11) is 0. The second-order valence-electron chi connectivity index (χ2n) is 7.76. The minimum absolute atomic E-state index is 0.0729. The molecule has 4 rings (SSSR count). The van der Waals surface area contributed by atoms with Gasteiger partial charge in [0.15, 0.2) is 4.34 Å². The molecule has 7 heteroatoms. The van der Waals surface area contributed by atoms with E-state index in [1.807, 2.05) is 6.92 Å². The SMILES string of the molecule is C[C@H](Sc1nnc(NC2CCCCC2)s1)C(=O)N[C@@H]1CCCc2ccccc21. The number of amides is 1. The Bertz CT molecular complexity index is 803. The van der Waals surface area contributed by atoms with Crippen LogP contribution in [0.15, 0.2) is 28.6 Å². The van der Waals surface area contributed by atoms with Gasteiger partial charge in [-0.1, -0.05) is 66.6 Å². The predicted molar refractivity (Wildman–Crippen MR) is 116 cm³/mol. The van der Waals surface area contributed by atoms with Gasteiger partial charge in [0, 0.05) is 6.04 Å². The highest BCUT2D eigenvalue weighted by Crippen LogP contribution is 2.33. The Kier molecular flexibility index (Phi) is 6.52. The Morgan fingerprint density at radius 1 is 1.14 bits per heavy atom. The average molecular weight is 417 g/mol. The van der Waals surface area contributed by atoms with Crippen molar-refractivity contribution >= 4 is 34.1 Å². The van der Waals surface area contributed by atoms with Crippen LogP contribution in [-0.4, -0.2) is 27.4 Å². The molecule has 28 heavy (non-hydrogen) atoms. The van der Waals surface area contributed by atoms with Crippen LogP contribution in [0.3, 0.4) is 0 Å². The number of hydrogen-bond donors (Lipinski definition) is 2. The van der Waals surface area contributed by atoms with Gasteiger partial charge in [-0.2, -0.15) is 0 Å². The minimum Gasteiger partial charge on any atom is -0.357 e. The van der Waals surface area contributed by atoms with Gasteiger partial charge in [-0.05, 0) is 50.2 Å². The Labute approximate surface area is 175 Å². The highest BCUT2D eigenvalue weighted by molar-refractivity contribution is 8.02. The van der Waals surface area contributed by atoms with Crippen LogP contribution in [0.2, 0.25) is 0 Å². The summed E-state index contributed by atoms with van der Waals surface area (Å²) >= 11 is 3.05. The van der Waals surface area contributed by atoms with Crippen molar-refractivity contribution in [2.24, 2.45) is 0 Å². The molecular weight excluding hydrogens is 388 g/mol. The van der Waals surface area contributed by atoms with Gasteiger partial charge < -0.3 is 10.6 Å². The Balaban J connectivity index is 1.31. The van der Waals surface area contributed by atoms with Crippen molar-refractivity contribution in [3.8, 4) is 0 Å². The summed E-state index contributed by atoms with van der Waals surface area (Å²) in [5.41, 5.74) is 2.64. The van der Waals surface area contributed by atoms with E-state index in [9.17, 15) is 4.79 Å². The molecule has 0 bridgehead atoms. The topological polar surface area (TPSA) is 66.9 Å². The first-order valence-electron chi connectivity index (χ1n) is 10.3. The molecule has 0 unspecified atom stereocenters. The summed E-state index contributed by atoms with van der Waals surface area (Å²) in [5.74, 6) is 0.0729. The zero-order chi connectivity index (χ0) is 19.3. The van der Waals surface area contributed by atoms with E-state index in [0.717, 1.165) is 28.7 Å². The Morgan fingerprint density at radius 3 is 2.82 bits per heavy atom. The standard InChI is InChI=1S/C21H28N4OS2/c1-14(19(26)23-18-13-7-9-15-8-5-6-12-17(15)18)27-21-25-24-20(28-21)22-16-10-3-2-4-11-16/h5-6,8,12,14,16,18H,2-4,7,9-11,13H2,1H3,(H,22,24)(H,23,26)/t14-,18+/m0/s1. The quantitative estimate of drug-likeness (QED) is 0.652. The molecular formula is C21H28N4OS2. The van der Waals surface area contributed by atoms with Gasteiger partial charge in [-0.25, -0.2) is 0 Å². The molecule has 1 fully saturated rings. The van der Waals surface area contributed by atoms with Crippen molar-refractivity contribution < 1.29 is 4.79 Å². The Hall–Kier alpha value is -1.60. The molecule has 1 aromatic heterocycles. The number of thioether (sulfide) groups is 1. The molecule has 1 saturated carbocycles. The molecule has 5 nitrogen and oxygen atoms in total. The molecule has 2 atom stereocenters. The normalized spacial score (nSPS) is 21.0. The van der Waals surface area contributed by atoms with Crippen LogP contribution in [0.1, 0.15) is 69.0 Å². The third kappa shape index (κ3) is 4.87. The number of anilines is 1. The lowest BCUT2D eigenvalue weighted by Crippen LogP contribution is -2.35. The molecule has 0 aliphatic heterocycles. The van der Waals surface area contributed by atoms with Crippen LogP contribution in [0, 0.1) is 0 Å². The second-order valence-corrected chi connectivity index (χ2v) is 10.3. The Morgan fingerprint density at radius 2 is 1.96 bits per heavy atom. The van der Waals surface area contributed by atoms with Gasteiger partial charge >= 0.3 is 0 Å². The molecule has 1 aromatic carbocycles. The van der Waals surface area contributed by atoms with Gasteiger partial charge in [0.05, 0.1) is 11.3 Å². The predicted octanol–water partition coefficient (Wildman–Crippen LogP) is 4.96. The van der Waals surface area contributed by atoms with Gasteiger partial charge in [0.2, 0.25) is 11.0 Å². The lowest BCUT2D eigenvalue weighted by molar-refractivity contribution is -0.121. The number of aromatic nitrogens is 2. The van der Waals surface area contributed by atoms with Crippen molar-refractivity contribution in [3.63, 3.8) is 0 Å². The smallest absolute Gasteiger partial charge is 0.233 e. The summed E-state index contributed by atoms with van der Waals surface area (Å²) < 4.78 is 0.852. The largest absolute Gasteiger partial charge is 0.357 e. The van der Waals surface area contributed by atoms with Crippen molar-refractivity contribution in [1.82, 2.24) is 15.5 Å². The van der Waals surface area contributed by atoms with E-state index in [2.05, 4.69) is 45.1 Å². The fraction of sp³-hybridized carbons (Fsp3) is 0.571. The number of benzene rings is 1. The first kappa shape index (κ1) is 19.7. The molecule has 0 spiro atoms. The maximum atomic E-state index is 12.8. The summed E-state index contributed by atoms with van der Waals surface area (Å²) in [6.07, 6.45) is 9.58. The molecule has 0 saturated heterocycles. The van der Waals surface area contributed by atoms with E-state index in [0.29, 0.717) is 6.04 Å². The zero-order valence-corrected chi connectivity index (χ0v) is 18.0. The molecule has 0 radical (unpaired) electrons. The fourth-order valence-electron chi connectivity index (χ4n) is 4.13. The summed E-state index contributed by atoms with van der Waals surface area (Å²) in [4.78, 5) is 12.8. The van der Waals surface area contributed by atoms with E-state index in [1.54, 1.807) is 11.3 Å². The number of fused-ring (bicyclic) bond motifs is 1. The molecule has 2 aliphatic rings. The van der Waals surface area contributed by atoms with E-state index in [1.165, 1.54) is 55.0 Å². The average Bonchev–Trinajstić information content (AvgIpc) is 3.15. The van der Waals surface area contributed by atoms with Crippen LogP contribution >= 0.6 is 23.1 Å². The van der Waals surface area contributed by atoms with Gasteiger partial charge in [0.25, 0.3) is 0 Å². The van der Waals surface area contributed by atoms with Gasteiger partial charge in [-0.3, -0.25) is 4.79 Å². The highest BCUT2D eigenvalue weighted by atomic mass is 32.2. The third-order valence-electron chi connectivity index (χ3n) is 5.67. The minimum atomic E-state index is -0.190.